The van der Waals surface area contributed by atoms with E-state index in [0.29, 0.717) is 12.5 Å². The van der Waals surface area contributed by atoms with Crippen LogP contribution in [0.15, 0.2) is 18.7 Å². The van der Waals surface area contributed by atoms with Crippen molar-refractivity contribution in [3.63, 3.8) is 0 Å². The van der Waals surface area contributed by atoms with Crippen molar-refractivity contribution in [3.05, 3.63) is 18.7 Å². The lowest BCUT2D eigenvalue weighted by Crippen LogP contribution is -2.29. The van der Waals surface area contributed by atoms with Gasteiger partial charge in [-0.2, -0.15) is 15.0 Å². The molecular formula is C10H16N8O2S. The third-order valence-corrected chi connectivity index (χ3v) is 3.86. The zero-order valence-corrected chi connectivity index (χ0v) is 12.2. The topological polar surface area (TPSA) is 141 Å². The van der Waals surface area contributed by atoms with Crippen molar-refractivity contribution in [2.75, 3.05) is 29.9 Å². The molecular weight excluding hydrogens is 296 g/mol. The fourth-order valence-corrected chi connectivity index (χ4v) is 2.50. The SMILES string of the molecule is CCNS(=O)(=O)CCNc1nc(N)nc(-n2ccnc2)n1. The first-order chi connectivity index (χ1) is 10.00. The van der Waals surface area contributed by atoms with Crippen LogP contribution in [0.5, 0.6) is 0 Å². The summed E-state index contributed by atoms with van der Waals surface area (Å²) in [6.45, 7) is 2.23. The Balaban J connectivity index is 2.04. The Kier molecular flexibility index (Phi) is 4.65. The number of sulfonamides is 1. The molecule has 0 bridgehead atoms. The van der Waals surface area contributed by atoms with Gasteiger partial charge in [-0.25, -0.2) is 18.1 Å². The summed E-state index contributed by atoms with van der Waals surface area (Å²) in [6.07, 6.45) is 4.76. The summed E-state index contributed by atoms with van der Waals surface area (Å²) in [5, 5.41) is 2.81. The Morgan fingerprint density at radius 3 is 2.81 bits per heavy atom. The van der Waals surface area contributed by atoms with Gasteiger partial charge in [0.1, 0.15) is 6.33 Å². The van der Waals surface area contributed by atoms with Crippen molar-refractivity contribution in [2.45, 2.75) is 6.92 Å². The third-order valence-electron chi connectivity index (χ3n) is 2.39. The molecule has 21 heavy (non-hydrogen) atoms. The molecule has 0 atom stereocenters. The van der Waals surface area contributed by atoms with Crippen LogP contribution in [0.25, 0.3) is 5.95 Å². The molecule has 0 aromatic carbocycles. The zero-order valence-electron chi connectivity index (χ0n) is 11.4. The molecule has 0 amide bonds. The summed E-state index contributed by atoms with van der Waals surface area (Å²) in [6, 6.07) is 0. The summed E-state index contributed by atoms with van der Waals surface area (Å²) in [5.41, 5.74) is 5.60. The lowest BCUT2D eigenvalue weighted by molar-refractivity contribution is 0.584. The summed E-state index contributed by atoms with van der Waals surface area (Å²) < 4.78 is 27.0. The number of nitrogen functional groups attached to an aromatic ring is 1. The number of nitrogens with two attached hydrogens (primary N) is 1. The highest BCUT2D eigenvalue weighted by Crippen LogP contribution is 2.06. The van der Waals surface area contributed by atoms with E-state index in [2.05, 4.69) is 30.0 Å². The molecule has 2 rings (SSSR count). The predicted octanol–water partition coefficient (Wildman–Crippen LogP) is -1.01. The molecule has 0 unspecified atom stereocenters. The Bertz CT molecular complexity index is 685. The Morgan fingerprint density at radius 2 is 2.14 bits per heavy atom. The van der Waals surface area contributed by atoms with Gasteiger partial charge in [-0.3, -0.25) is 4.57 Å². The van der Waals surface area contributed by atoms with Crippen LogP contribution in [-0.4, -0.2) is 51.8 Å². The lowest BCUT2D eigenvalue weighted by atomic mass is 10.7. The molecule has 11 heteroatoms. The normalized spacial score (nSPS) is 11.5. The fraction of sp³-hybridized carbons (Fsp3) is 0.400. The minimum atomic E-state index is -3.30. The van der Waals surface area contributed by atoms with Gasteiger partial charge in [-0.15, -0.1) is 0 Å². The molecule has 0 spiro atoms. The molecule has 0 aliphatic carbocycles. The van der Waals surface area contributed by atoms with Crippen LogP contribution >= 0.6 is 0 Å². The van der Waals surface area contributed by atoms with Crippen LogP contribution in [0.3, 0.4) is 0 Å². The van der Waals surface area contributed by atoms with E-state index in [-0.39, 0.29) is 24.2 Å². The largest absolute Gasteiger partial charge is 0.368 e. The maximum atomic E-state index is 11.5. The molecule has 0 fully saturated rings. The van der Waals surface area contributed by atoms with E-state index in [1.54, 1.807) is 23.9 Å². The van der Waals surface area contributed by atoms with Crippen molar-refractivity contribution < 1.29 is 8.42 Å². The molecule has 0 radical (unpaired) electrons. The monoisotopic (exact) mass is 312 g/mol. The fourth-order valence-electron chi connectivity index (χ4n) is 1.54. The minimum Gasteiger partial charge on any atom is -0.368 e. The average Bonchev–Trinajstić information content (AvgIpc) is 2.91. The second-order valence-corrected chi connectivity index (χ2v) is 5.96. The van der Waals surface area contributed by atoms with E-state index in [9.17, 15) is 8.42 Å². The van der Waals surface area contributed by atoms with Crippen molar-refractivity contribution >= 4 is 21.9 Å². The number of nitrogens with one attached hydrogen (secondary N) is 2. The van der Waals surface area contributed by atoms with Crippen LogP contribution in [0, 0.1) is 0 Å². The van der Waals surface area contributed by atoms with Crippen LogP contribution in [-0.2, 0) is 10.0 Å². The standard InChI is InChI=1S/C10H16N8O2S/c1-2-14-21(19,20)6-4-13-9-15-8(11)16-10(17-9)18-5-3-12-7-18/h3,5,7,14H,2,4,6H2,1H3,(H3,11,13,15,16,17). The predicted molar refractivity (Wildman–Crippen MR) is 77.3 cm³/mol. The maximum absolute atomic E-state index is 11.5. The van der Waals surface area contributed by atoms with Gasteiger partial charge in [0.2, 0.25) is 27.9 Å². The molecule has 114 valence electrons. The van der Waals surface area contributed by atoms with Crippen LogP contribution in [0.1, 0.15) is 6.92 Å². The van der Waals surface area contributed by atoms with Gasteiger partial charge in [0.25, 0.3) is 0 Å². The number of hydrogen-bond donors (Lipinski definition) is 3. The third kappa shape index (κ3) is 4.36. The highest BCUT2D eigenvalue weighted by molar-refractivity contribution is 7.89. The second-order valence-electron chi connectivity index (χ2n) is 4.03. The van der Waals surface area contributed by atoms with Crippen LogP contribution in [0.4, 0.5) is 11.9 Å². The van der Waals surface area contributed by atoms with Gasteiger partial charge in [0, 0.05) is 25.5 Å². The zero-order chi connectivity index (χ0) is 15.3. The smallest absolute Gasteiger partial charge is 0.241 e. The summed E-state index contributed by atoms with van der Waals surface area (Å²) in [7, 11) is -3.30. The molecule has 2 aromatic rings. The van der Waals surface area contributed by atoms with Gasteiger partial charge >= 0.3 is 0 Å². The van der Waals surface area contributed by atoms with E-state index in [1.165, 1.54) is 6.33 Å². The van der Waals surface area contributed by atoms with Crippen molar-refractivity contribution in [3.8, 4) is 5.95 Å². The number of nitrogens with zero attached hydrogens (tertiary/aromatic N) is 5. The summed E-state index contributed by atoms with van der Waals surface area (Å²) in [5.74, 6) is 0.452. The van der Waals surface area contributed by atoms with Gasteiger partial charge < -0.3 is 11.1 Å². The molecule has 2 aromatic heterocycles. The summed E-state index contributed by atoms with van der Waals surface area (Å²) in [4.78, 5) is 15.9. The van der Waals surface area contributed by atoms with E-state index in [1.807, 2.05) is 0 Å². The number of hydrogen-bond acceptors (Lipinski definition) is 8. The molecule has 0 aliphatic rings. The van der Waals surface area contributed by atoms with Crippen molar-refractivity contribution in [1.82, 2.24) is 29.2 Å². The van der Waals surface area contributed by atoms with Crippen LogP contribution < -0.4 is 15.8 Å². The molecule has 0 saturated heterocycles. The number of aromatic nitrogens is 5. The van der Waals surface area contributed by atoms with Crippen molar-refractivity contribution in [1.29, 1.82) is 0 Å². The van der Waals surface area contributed by atoms with Gasteiger partial charge in [0.15, 0.2) is 0 Å². The van der Waals surface area contributed by atoms with E-state index in [0.717, 1.165) is 0 Å². The first kappa shape index (κ1) is 15.1. The van der Waals surface area contributed by atoms with Crippen molar-refractivity contribution in [2.24, 2.45) is 0 Å². The van der Waals surface area contributed by atoms with E-state index < -0.39 is 10.0 Å². The lowest BCUT2D eigenvalue weighted by Gasteiger charge is -2.08. The maximum Gasteiger partial charge on any atom is 0.241 e. The van der Waals surface area contributed by atoms with Gasteiger partial charge in [-0.05, 0) is 0 Å². The van der Waals surface area contributed by atoms with E-state index >= 15 is 0 Å². The average molecular weight is 312 g/mol. The molecule has 10 nitrogen and oxygen atoms in total. The number of rotatable bonds is 7. The molecule has 0 saturated carbocycles. The highest BCUT2D eigenvalue weighted by atomic mass is 32.2. The van der Waals surface area contributed by atoms with E-state index in [4.69, 9.17) is 5.73 Å². The number of anilines is 2. The first-order valence-corrected chi connectivity index (χ1v) is 7.86. The molecule has 4 N–H and O–H groups in total. The Hall–Kier alpha value is -2.27. The second kappa shape index (κ2) is 6.45. The summed E-state index contributed by atoms with van der Waals surface area (Å²) >= 11 is 0. The quantitative estimate of drug-likeness (QED) is 0.590. The Morgan fingerprint density at radius 1 is 1.33 bits per heavy atom. The highest BCUT2D eigenvalue weighted by Gasteiger charge is 2.10. The first-order valence-electron chi connectivity index (χ1n) is 6.21. The number of imidazole rings is 1. The minimum absolute atomic E-state index is 0.0331. The molecule has 2 heterocycles. The Labute approximate surface area is 121 Å². The van der Waals surface area contributed by atoms with Gasteiger partial charge in [-0.1, -0.05) is 6.92 Å². The van der Waals surface area contributed by atoms with Gasteiger partial charge in [0.05, 0.1) is 5.75 Å². The molecule has 0 aliphatic heterocycles. The van der Waals surface area contributed by atoms with Crippen LogP contribution in [0.2, 0.25) is 0 Å².